The third-order valence-corrected chi connectivity index (χ3v) is 2.52. The van der Waals surface area contributed by atoms with Gasteiger partial charge in [0.15, 0.2) is 11.6 Å². The Morgan fingerprint density at radius 2 is 1.93 bits per heavy atom. The number of hydrogen-bond donors (Lipinski definition) is 0. The maximum atomic E-state index is 11.6. The fourth-order valence-electron chi connectivity index (χ4n) is 1.74. The molecule has 1 aliphatic carbocycles. The quantitative estimate of drug-likeness (QED) is 0.472. The van der Waals surface area contributed by atoms with Crippen molar-refractivity contribution in [1.82, 2.24) is 0 Å². The summed E-state index contributed by atoms with van der Waals surface area (Å²) >= 11 is 0. The van der Waals surface area contributed by atoms with Crippen molar-refractivity contribution in [1.29, 1.82) is 0 Å². The van der Waals surface area contributed by atoms with Gasteiger partial charge in [-0.3, -0.25) is 19.2 Å². The molecule has 0 aromatic carbocycles. The van der Waals surface area contributed by atoms with E-state index in [1.165, 1.54) is 14.0 Å². The van der Waals surface area contributed by atoms with E-state index in [1.807, 2.05) is 0 Å². The number of esters is 1. The first-order chi connectivity index (χ1) is 6.99. The molecule has 2 atom stereocenters. The number of rotatable bonds is 2. The minimum atomic E-state index is -1.26. The monoisotopic (exact) mass is 212 g/mol. The molecule has 0 heterocycles. The van der Waals surface area contributed by atoms with Crippen LogP contribution in [0.4, 0.5) is 0 Å². The average molecular weight is 212 g/mol. The molecular weight excluding hydrogens is 200 g/mol. The van der Waals surface area contributed by atoms with Crippen LogP contribution >= 0.6 is 0 Å². The third-order valence-electron chi connectivity index (χ3n) is 2.52. The molecule has 0 aliphatic heterocycles. The van der Waals surface area contributed by atoms with Crippen LogP contribution in [0.2, 0.25) is 0 Å². The highest BCUT2D eigenvalue weighted by atomic mass is 16.5. The fraction of sp³-hybridized carbons (Fsp3) is 0.600. The number of hydrogen-bond acceptors (Lipinski definition) is 5. The molecule has 15 heavy (non-hydrogen) atoms. The fourth-order valence-corrected chi connectivity index (χ4v) is 1.74. The maximum Gasteiger partial charge on any atom is 0.316 e. The van der Waals surface area contributed by atoms with Gasteiger partial charge in [-0.25, -0.2) is 0 Å². The summed E-state index contributed by atoms with van der Waals surface area (Å²) in [5.74, 6) is -4.40. The van der Waals surface area contributed by atoms with E-state index in [4.69, 9.17) is 0 Å². The van der Waals surface area contributed by atoms with Crippen LogP contribution in [0.25, 0.3) is 0 Å². The van der Waals surface area contributed by atoms with Gasteiger partial charge in [0.1, 0.15) is 17.6 Å². The molecule has 0 unspecified atom stereocenters. The van der Waals surface area contributed by atoms with E-state index in [0.717, 1.165) is 0 Å². The minimum Gasteiger partial charge on any atom is -0.468 e. The second-order valence-electron chi connectivity index (χ2n) is 3.53. The Morgan fingerprint density at radius 3 is 2.40 bits per heavy atom. The van der Waals surface area contributed by atoms with E-state index in [1.54, 1.807) is 0 Å². The predicted octanol–water partition coefficient (Wildman–Crippen LogP) is -0.0872. The van der Waals surface area contributed by atoms with Gasteiger partial charge < -0.3 is 4.74 Å². The summed E-state index contributed by atoms with van der Waals surface area (Å²) < 4.78 is 4.44. The Hall–Kier alpha value is -1.52. The molecule has 0 saturated heterocycles. The van der Waals surface area contributed by atoms with Gasteiger partial charge >= 0.3 is 5.97 Å². The van der Waals surface area contributed by atoms with Gasteiger partial charge in [0.2, 0.25) is 0 Å². The number of ketones is 3. The zero-order chi connectivity index (χ0) is 11.6. The average Bonchev–Trinajstić information content (AvgIpc) is 2.16. The largest absolute Gasteiger partial charge is 0.468 e. The zero-order valence-electron chi connectivity index (χ0n) is 8.61. The van der Waals surface area contributed by atoms with E-state index >= 15 is 0 Å². The van der Waals surface area contributed by atoms with E-state index in [2.05, 4.69) is 4.74 Å². The van der Waals surface area contributed by atoms with Crippen LogP contribution in [-0.4, -0.2) is 30.4 Å². The van der Waals surface area contributed by atoms with Crippen LogP contribution < -0.4 is 0 Å². The van der Waals surface area contributed by atoms with Crippen molar-refractivity contribution >= 4 is 23.3 Å². The summed E-state index contributed by atoms with van der Waals surface area (Å²) in [5.41, 5.74) is 0. The van der Waals surface area contributed by atoms with E-state index in [-0.39, 0.29) is 12.8 Å². The summed E-state index contributed by atoms with van der Waals surface area (Å²) in [6.07, 6.45) is 0.226. The molecule has 0 aromatic heterocycles. The van der Waals surface area contributed by atoms with Gasteiger partial charge in [-0.05, 0) is 13.3 Å². The minimum absolute atomic E-state index is 0.0791. The number of carbonyl (C=O) groups is 4. The molecule has 0 N–H and O–H groups in total. The van der Waals surface area contributed by atoms with Crippen molar-refractivity contribution in [3.8, 4) is 0 Å². The third kappa shape index (κ3) is 2.11. The second kappa shape index (κ2) is 4.33. The number of carbonyl (C=O) groups excluding carboxylic acids is 4. The van der Waals surface area contributed by atoms with E-state index in [9.17, 15) is 19.2 Å². The first-order valence-corrected chi connectivity index (χ1v) is 4.63. The van der Waals surface area contributed by atoms with Crippen molar-refractivity contribution in [2.75, 3.05) is 7.11 Å². The summed E-state index contributed by atoms with van der Waals surface area (Å²) in [5, 5.41) is 0. The smallest absolute Gasteiger partial charge is 0.316 e. The lowest BCUT2D eigenvalue weighted by molar-refractivity contribution is -0.154. The topological polar surface area (TPSA) is 77.5 Å². The Balaban J connectivity index is 2.91. The van der Waals surface area contributed by atoms with Crippen LogP contribution in [0.5, 0.6) is 0 Å². The van der Waals surface area contributed by atoms with Crippen molar-refractivity contribution in [3.05, 3.63) is 0 Å². The highest BCUT2D eigenvalue weighted by molar-refractivity contribution is 6.23. The molecule has 5 heteroatoms. The SMILES string of the molecule is COC(=O)[C@H]1CCC(=O)[C@H](C(C)=O)C1=O. The van der Waals surface area contributed by atoms with Crippen LogP contribution in [0, 0.1) is 11.8 Å². The second-order valence-corrected chi connectivity index (χ2v) is 3.53. The summed E-state index contributed by atoms with van der Waals surface area (Å²) in [4.78, 5) is 45.2. The summed E-state index contributed by atoms with van der Waals surface area (Å²) in [7, 11) is 1.18. The van der Waals surface area contributed by atoms with Gasteiger partial charge in [-0.15, -0.1) is 0 Å². The highest BCUT2D eigenvalue weighted by Crippen LogP contribution is 2.24. The standard InChI is InChI=1S/C10H12O5/c1-5(11)8-7(12)4-3-6(9(8)13)10(14)15-2/h6,8H,3-4H2,1-2H3/t6-,8-/m0/s1. The molecule has 0 aromatic rings. The lowest BCUT2D eigenvalue weighted by atomic mass is 9.77. The lowest BCUT2D eigenvalue weighted by Crippen LogP contribution is -2.42. The molecule has 0 bridgehead atoms. The van der Waals surface area contributed by atoms with Gasteiger partial charge in [0, 0.05) is 6.42 Å². The number of Topliss-reactive ketones (excluding diaryl/α,β-unsaturated/α-hetero) is 3. The highest BCUT2D eigenvalue weighted by Gasteiger charge is 2.43. The maximum absolute atomic E-state index is 11.6. The summed E-state index contributed by atoms with van der Waals surface area (Å²) in [6.45, 7) is 1.18. The van der Waals surface area contributed by atoms with Crippen molar-refractivity contribution < 1.29 is 23.9 Å². The van der Waals surface area contributed by atoms with Crippen molar-refractivity contribution in [2.24, 2.45) is 11.8 Å². The van der Waals surface area contributed by atoms with Crippen molar-refractivity contribution in [3.63, 3.8) is 0 Å². The Kier molecular flexibility index (Phi) is 3.34. The number of ether oxygens (including phenoxy) is 1. The number of methoxy groups -OCH3 is 1. The Bertz CT molecular complexity index is 331. The first-order valence-electron chi connectivity index (χ1n) is 4.63. The van der Waals surface area contributed by atoms with Gasteiger partial charge in [-0.1, -0.05) is 0 Å². The molecule has 0 amide bonds. The molecule has 1 rings (SSSR count). The van der Waals surface area contributed by atoms with Gasteiger partial charge in [0.25, 0.3) is 0 Å². The molecule has 82 valence electrons. The van der Waals surface area contributed by atoms with Crippen LogP contribution in [0.1, 0.15) is 19.8 Å². The molecule has 1 fully saturated rings. The molecule has 0 radical (unpaired) electrons. The zero-order valence-corrected chi connectivity index (χ0v) is 8.61. The molecule has 5 nitrogen and oxygen atoms in total. The van der Waals surface area contributed by atoms with Crippen LogP contribution in [-0.2, 0) is 23.9 Å². The molecule has 1 saturated carbocycles. The summed E-state index contributed by atoms with van der Waals surface area (Å²) in [6, 6.07) is 0. The Labute approximate surface area is 86.8 Å². The lowest BCUT2D eigenvalue weighted by Gasteiger charge is -2.23. The molecular formula is C10H12O5. The van der Waals surface area contributed by atoms with E-state index in [0.29, 0.717) is 0 Å². The van der Waals surface area contributed by atoms with Gasteiger partial charge in [0.05, 0.1) is 7.11 Å². The normalized spacial score (nSPS) is 26.3. The van der Waals surface area contributed by atoms with Gasteiger partial charge in [-0.2, -0.15) is 0 Å². The van der Waals surface area contributed by atoms with Crippen molar-refractivity contribution in [2.45, 2.75) is 19.8 Å². The molecule has 0 spiro atoms. The van der Waals surface area contributed by atoms with E-state index < -0.39 is 35.2 Å². The predicted molar refractivity (Wildman–Crippen MR) is 48.9 cm³/mol. The van der Waals surface area contributed by atoms with Crippen LogP contribution in [0.3, 0.4) is 0 Å². The van der Waals surface area contributed by atoms with Crippen LogP contribution in [0.15, 0.2) is 0 Å². The Morgan fingerprint density at radius 1 is 1.33 bits per heavy atom. The first kappa shape index (κ1) is 11.6. The molecule has 1 aliphatic rings.